The third kappa shape index (κ3) is 2.77. The fourth-order valence-electron chi connectivity index (χ4n) is 3.19. The lowest BCUT2D eigenvalue weighted by atomic mass is 9.80. The molecule has 0 bridgehead atoms. The fourth-order valence-corrected chi connectivity index (χ4v) is 3.78. The molecule has 2 aliphatic rings. The van der Waals surface area contributed by atoms with E-state index in [9.17, 15) is 9.50 Å². The first-order valence-electron chi connectivity index (χ1n) is 6.94. The quantitative estimate of drug-likeness (QED) is 0.895. The molecule has 1 aromatic carbocycles. The molecule has 0 radical (unpaired) electrons. The molecule has 0 saturated carbocycles. The van der Waals surface area contributed by atoms with Gasteiger partial charge in [-0.05, 0) is 36.5 Å². The van der Waals surface area contributed by atoms with Crippen molar-refractivity contribution in [2.45, 2.75) is 31.0 Å². The second-order valence-electron chi connectivity index (χ2n) is 5.70. The summed E-state index contributed by atoms with van der Waals surface area (Å²) in [5.74, 6) is -0.187. The highest BCUT2D eigenvalue weighted by molar-refractivity contribution is 9.10. The molecule has 110 valence electrons. The van der Waals surface area contributed by atoms with Gasteiger partial charge >= 0.3 is 0 Å². The van der Waals surface area contributed by atoms with Gasteiger partial charge in [0.2, 0.25) is 0 Å². The molecule has 1 N–H and O–H groups in total. The zero-order valence-corrected chi connectivity index (χ0v) is 12.7. The summed E-state index contributed by atoms with van der Waals surface area (Å²) in [6.45, 7) is 1.98. The highest BCUT2D eigenvalue weighted by Gasteiger charge is 2.43. The first kappa shape index (κ1) is 14.4. The summed E-state index contributed by atoms with van der Waals surface area (Å²) in [6, 6.07) is 4.43. The third-order valence-electron chi connectivity index (χ3n) is 4.33. The van der Waals surface area contributed by atoms with Crippen LogP contribution in [0, 0.1) is 11.7 Å². The molecule has 3 nitrogen and oxygen atoms in total. The smallest absolute Gasteiger partial charge is 0.124 e. The maximum absolute atomic E-state index is 13.1. The molecule has 2 aliphatic heterocycles. The van der Waals surface area contributed by atoms with E-state index in [2.05, 4.69) is 15.9 Å². The van der Waals surface area contributed by atoms with Crippen molar-refractivity contribution in [1.82, 2.24) is 0 Å². The second-order valence-corrected chi connectivity index (χ2v) is 6.55. The second kappa shape index (κ2) is 5.72. The van der Waals surface area contributed by atoms with Crippen LogP contribution in [0.1, 0.15) is 30.9 Å². The van der Waals surface area contributed by atoms with Gasteiger partial charge < -0.3 is 14.6 Å². The van der Waals surface area contributed by atoms with Crippen LogP contribution in [0.25, 0.3) is 0 Å². The summed E-state index contributed by atoms with van der Waals surface area (Å²) >= 11 is 3.33. The lowest BCUT2D eigenvalue weighted by Gasteiger charge is -2.39. The lowest BCUT2D eigenvalue weighted by molar-refractivity contribution is -0.117. The monoisotopic (exact) mass is 344 g/mol. The van der Waals surface area contributed by atoms with E-state index in [0.29, 0.717) is 17.7 Å². The summed E-state index contributed by atoms with van der Waals surface area (Å²) in [4.78, 5) is 0. The van der Waals surface area contributed by atoms with Crippen LogP contribution in [-0.4, -0.2) is 30.5 Å². The molecular formula is C15H18BrFO3. The van der Waals surface area contributed by atoms with E-state index in [1.165, 1.54) is 12.1 Å². The molecule has 3 rings (SSSR count). The Morgan fingerprint density at radius 2 is 2.25 bits per heavy atom. The topological polar surface area (TPSA) is 38.7 Å². The van der Waals surface area contributed by atoms with Crippen molar-refractivity contribution < 1.29 is 19.0 Å². The lowest BCUT2D eigenvalue weighted by Crippen LogP contribution is -2.41. The van der Waals surface area contributed by atoms with Crippen molar-refractivity contribution in [2.75, 3.05) is 19.8 Å². The standard InChI is InChI=1S/C15H18BrFO3/c16-13-7-11(17)1-2-12(13)14(18)10-3-5-20-15(8-10)4-6-19-9-15/h1-2,7,10,14,18H,3-6,8-9H2. The molecule has 2 heterocycles. The third-order valence-corrected chi connectivity index (χ3v) is 5.01. The molecule has 2 saturated heterocycles. The Labute approximate surface area is 126 Å². The average Bonchev–Trinajstić information content (AvgIpc) is 2.86. The Morgan fingerprint density at radius 3 is 2.95 bits per heavy atom. The van der Waals surface area contributed by atoms with Crippen molar-refractivity contribution >= 4 is 15.9 Å². The molecule has 20 heavy (non-hydrogen) atoms. The minimum Gasteiger partial charge on any atom is -0.388 e. The van der Waals surface area contributed by atoms with E-state index in [-0.39, 0.29) is 17.3 Å². The van der Waals surface area contributed by atoms with Crippen LogP contribution in [-0.2, 0) is 9.47 Å². The van der Waals surface area contributed by atoms with E-state index in [0.717, 1.165) is 31.4 Å². The summed E-state index contributed by atoms with van der Waals surface area (Å²) in [6.07, 6.45) is 1.89. The van der Waals surface area contributed by atoms with Crippen LogP contribution < -0.4 is 0 Å². The largest absolute Gasteiger partial charge is 0.388 e. The number of rotatable bonds is 2. The van der Waals surface area contributed by atoms with E-state index < -0.39 is 6.10 Å². The van der Waals surface area contributed by atoms with Crippen molar-refractivity contribution in [1.29, 1.82) is 0 Å². The predicted octanol–water partition coefficient (Wildman–Crippen LogP) is 3.21. The number of hydrogen-bond donors (Lipinski definition) is 1. The Bertz CT molecular complexity index is 488. The van der Waals surface area contributed by atoms with Crippen LogP contribution in [0.15, 0.2) is 22.7 Å². The molecule has 2 fully saturated rings. The summed E-state index contributed by atoms with van der Waals surface area (Å²) in [5.41, 5.74) is 0.517. The first-order valence-corrected chi connectivity index (χ1v) is 7.74. The van der Waals surface area contributed by atoms with Gasteiger partial charge in [0, 0.05) is 24.1 Å². The SMILES string of the molecule is OC(c1ccc(F)cc1Br)C1CCOC2(CCOC2)C1. The van der Waals surface area contributed by atoms with Crippen LogP contribution in [0.3, 0.4) is 0 Å². The molecule has 0 amide bonds. The number of aliphatic hydroxyl groups is 1. The Kier molecular flexibility index (Phi) is 4.13. The van der Waals surface area contributed by atoms with Gasteiger partial charge in [0.05, 0.1) is 18.3 Å². The number of ether oxygens (including phenoxy) is 2. The van der Waals surface area contributed by atoms with Crippen LogP contribution in [0.2, 0.25) is 0 Å². The summed E-state index contributed by atoms with van der Waals surface area (Å²) in [5, 5.41) is 10.6. The maximum atomic E-state index is 13.1. The van der Waals surface area contributed by atoms with Crippen LogP contribution >= 0.6 is 15.9 Å². The normalized spacial score (nSPS) is 31.6. The van der Waals surface area contributed by atoms with Crippen LogP contribution in [0.5, 0.6) is 0 Å². The van der Waals surface area contributed by atoms with Gasteiger partial charge in [0.25, 0.3) is 0 Å². The van der Waals surface area contributed by atoms with Crippen LogP contribution in [0.4, 0.5) is 4.39 Å². The molecule has 0 aliphatic carbocycles. The number of hydrogen-bond acceptors (Lipinski definition) is 3. The predicted molar refractivity (Wildman–Crippen MR) is 75.9 cm³/mol. The van der Waals surface area contributed by atoms with Gasteiger partial charge in [-0.3, -0.25) is 0 Å². The molecule has 5 heteroatoms. The van der Waals surface area contributed by atoms with E-state index in [4.69, 9.17) is 9.47 Å². The number of aliphatic hydroxyl groups excluding tert-OH is 1. The van der Waals surface area contributed by atoms with Crippen molar-refractivity contribution in [3.8, 4) is 0 Å². The van der Waals surface area contributed by atoms with Gasteiger partial charge in [-0.1, -0.05) is 22.0 Å². The maximum Gasteiger partial charge on any atom is 0.124 e. The fraction of sp³-hybridized carbons (Fsp3) is 0.600. The Balaban J connectivity index is 1.77. The minimum absolute atomic E-state index is 0.118. The van der Waals surface area contributed by atoms with Crippen molar-refractivity contribution in [2.24, 2.45) is 5.92 Å². The van der Waals surface area contributed by atoms with E-state index in [1.807, 2.05) is 0 Å². The molecular weight excluding hydrogens is 327 g/mol. The zero-order valence-electron chi connectivity index (χ0n) is 11.1. The molecule has 1 aromatic rings. The molecule has 3 unspecified atom stereocenters. The van der Waals surface area contributed by atoms with E-state index in [1.54, 1.807) is 6.07 Å². The number of benzene rings is 1. The highest BCUT2D eigenvalue weighted by atomic mass is 79.9. The molecule has 0 aromatic heterocycles. The molecule has 1 spiro atoms. The van der Waals surface area contributed by atoms with Crippen molar-refractivity contribution in [3.05, 3.63) is 34.1 Å². The van der Waals surface area contributed by atoms with Gasteiger partial charge in [-0.15, -0.1) is 0 Å². The average molecular weight is 345 g/mol. The van der Waals surface area contributed by atoms with Gasteiger partial charge in [0.1, 0.15) is 5.82 Å². The van der Waals surface area contributed by atoms with Gasteiger partial charge in [-0.25, -0.2) is 4.39 Å². The Morgan fingerprint density at radius 1 is 1.40 bits per heavy atom. The van der Waals surface area contributed by atoms with Gasteiger partial charge in [-0.2, -0.15) is 0 Å². The van der Waals surface area contributed by atoms with E-state index >= 15 is 0 Å². The summed E-state index contributed by atoms with van der Waals surface area (Å²) in [7, 11) is 0. The first-order chi connectivity index (χ1) is 9.60. The van der Waals surface area contributed by atoms with Gasteiger partial charge in [0.15, 0.2) is 0 Å². The minimum atomic E-state index is -0.605. The number of halogens is 2. The Hall–Kier alpha value is -0.490. The zero-order chi connectivity index (χ0) is 14.2. The highest BCUT2D eigenvalue weighted by Crippen LogP contribution is 2.42. The summed E-state index contributed by atoms with van der Waals surface area (Å²) < 4.78 is 25.1. The van der Waals surface area contributed by atoms with Crippen molar-refractivity contribution in [3.63, 3.8) is 0 Å². The molecule has 3 atom stereocenters.